The molecule has 1 unspecified atom stereocenters. The van der Waals surface area contributed by atoms with Crippen LogP contribution in [0, 0.1) is 5.41 Å². The van der Waals surface area contributed by atoms with E-state index in [1.807, 2.05) is 12.3 Å². The molecule has 3 heteroatoms. The Balaban J connectivity index is 2.49. The highest BCUT2D eigenvalue weighted by molar-refractivity contribution is 5.98. The molecule has 1 atom stereocenters. The maximum Gasteiger partial charge on any atom is 0.0632 e. The van der Waals surface area contributed by atoms with Gasteiger partial charge >= 0.3 is 0 Å². The predicted molar refractivity (Wildman–Crippen MR) is 83.5 cm³/mol. The summed E-state index contributed by atoms with van der Waals surface area (Å²) in [5, 5.41) is 2.15. The Bertz CT molecular complexity index is 584. The zero-order chi connectivity index (χ0) is 14.2. The molecule has 0 spiro atoms. The second kappa shape index (κ2) is 4.72. The van der Waals surface area contributed by atoms with Crippen LogP contribution in [0.5, 0.6) is 0 Å². The van der Waals surface area contributed by atoms with Crippen LogP contribution in [-0.4, -0.2) is 18.1 Å². The van der Waals surface area contributed by atoms with Crippen LogP contribution in [0.25, 0.3) is 10.8 Å². The smallest absolute Gasteiger partial charge is 0.0632 e. The van der Waals surface area contributed by atoms with Gasteiger partial charge in [0.2, 0.25) is 0 Å². The molecule has 2 N–H and O–H groups in total. The maximum atomic E-state index is 6.33. The highest BCUT2D eigenvalue weighted by Gasteiger charge is 2.25. The second-order valence-corrected chi connectivity index (χ2v) is 6.25. The van der Waals surface area contributed by atoms with Crippen LogP contribution in [-0.2, 0) is 0 Å². The van der Waals surface area contributed by atoms with Crippen molar-refractivity contribution in [3.8, 4) is 0 Å². The molecule has 1 aromatic heterocycles. The summed E-state index contributed by atoms with van der Waals surface area (Å²) in [6.07, 6.45) is 3.64. The van der Waals surface area contributed by atoms with Gasteiger partial charge in [-0.15, -0.1) is 0 Å². The van der Waals surface area contributed by atoms with E-state index in [4.69, 9.17) is 5.73 Å². The number of rotatable bonds is 2. The van der Waals surface area contributed by atoms with Gasteiger partial charge in [0, 0.05) is 36.3 Å². The van der Waals surface area contributed by atoms with E-state index in [0.717, 1.165) is 22.1 Å². The number of pyridine rings is 1. The van der Waals surface area contributed by atoms with Crippen LogP contribution >= 0.6 is 0 Å². The first-order valence-electron chi connectivity index (χ1n) is 6.67. The van der Waals surface area contributed by atoms with Gasteiger partial charge in [0.1, 0.15) is 0 Å². The summed E-state index contributed by atoms with van der Waals surface area (Å²) in [7, 11) is 2.11. The van der Waals surface area contributed by atoms with Crippen molar-refractivity contribution in [2.24, 2.45) is 5.41 Å². The molecule has 1 aromatic carbocycles. The zero-order valence-corrected chi connectivity index (χ0v) is 12.4. The van der Waals surface area contributed by atoms with Crippen molar-refractivity contribution in [2.75, 3.05) is 17.7 Å². The molecule has 19 heavy (non-hydrogen) atoms. The lowest BCUT2D eigenvalue weighted by Crippen LogP contribution is -2.39. The summed E-state index contributed by atoms with van der Waals surface area (Å²) in [5.41, 5.74) is 8.45. The lowest BCUT2D eigenvalue weighted by atomic mass is 9.87. The number of benzene rings is 1. The Labute approximate surface area is 115 Å². The van der Waals surface area contributed by atoms with Crippen LogP contribution in [0.1, 0.15) is 27.7 Å². The molecule has 0 aliphatic carbocycles. The van der Waals surface area contributed by atoms with Gasteiger partial charge in [0.15, 0.2) is 0 Å². The lowest BCUT2D eigenvalue weighted by Gasteiger charge is -2.37. The molecule has 102 valence electrons. The van der Waals surface area contributed by atoms with E-state index in [1.165, 1.54) is 0 Å². The quantitative estimate of drug-likeness (QED) is 0.834. The van der Waals surface area contributed by atoms with Crippen molar-refractivity contribution < 1.29 is 0 Å². The van der Waals surface area contributed by atoms with Crippen molar-refractivity contribution in [1.29, 1.82) is 0 Å². The number of nitrogens with zero attached hydrogens (tertiary/aromatic N) is 2. The number of nitrogens with two attached hydrogens (primary N) is 1. The number of hydrogen-bond donors (Lipinski definition) is 1. The van der Waals surface area contributed by atoms with E-state index in [0.29, 0.717) is 6.04 Å². The fourth-order valence-electron chi connectivity index (χ4n) is 2.28. The van der Waals surface area contributed by atoms with Crippen LogP contribution in [0.4, 0.5) is 11.4 Å². The van der Waals surface area contributed by atoms with Crippen molar-refractivity contribution in [3.63, 3.8) is 0 Å². The Kier molecular flexibility index (Phi) is 3.40. The average Bonchev–Trinajstić information content (AvgIpc) is 2.37. The van der Waals surface area contributed by atoms with Gasteiger partial charge in [-0.25, -0.2) is 0 Å². The Morgan fingerprint density at radius 2 is 1.89 bits per heavy atom. The van der Waals surface area contributed by atoms with Crippen LogP contribution in [0.3, 0.4) is 0 Å². The van der Waals surface area contributed by atoms with E-state index < -0.39 is 0 Å². The van der Waals surface area contributed by atoms with Gasteiger partial charge in [0.25, 0.3) is 0 Å². The van der Waals surface area contributed by atoms with Crippen LogP contribution in [0.15, 0.2) is 30.6 Å². The Morgan fingerprint density at radius 3 is 2.53 bits per heavy atom. The first-order valence-corrected chi connectivity index (χ1v) is 6.67. The molecule has 0 saturated heterocycles. The third-order valence-corrected chi connectivity index (χ3v) is 4.05. The summed E-state index contributed by atoms with van der Waals surface area (Å²) >= 11 is 0. The molecule has 0 fully saturated rings. The average molecular weight is 257 g/mol. The first kappa shape index (κ1) is 13.7. The summed E-state index contributed by atoms with van der Waals surface area (Å²) in [5.74, 6) is 0. The number of fused-ring (bicyclic) bond motifs is 1. The standard InChI is InChI=1S/C16H23N3/c1-11(16(2,3)4)19(5)14-7-6-12-10-18-9-8-13(12)15(14)17/h6-11H,17H2,1-5H3. The van der Waals surface area contributed by atoms with Gasteiger partial charge < -0.3 is 10.6 Å². The molecule has 0 amide bonds. The molecule has 1 heterocycles. The van der Waals surface area contributed by atoms with E-state index >= 15 is 0 Å². The van der Waals surface area contributed by atoms with Crippen molar-refractivity contribution in [1.82, 2.24) is 4.98 Å². The van der Waals surface area contributed by atoms with Gasteiger partial charge in [-0.05, 0) is 24.5 Å². The molecule has 0 aliphatic heterocycles. The molecule has 3 nitrogen and oxygen atoms in total. The van der Waals surface area contributed by atoms with Gasteiger partial charge in [-0.1, -0.05) is 26.8 Å². The molecule has 0 aliphatic rings. The molecule has 0 radical (unpaired) electrons. The Morgan fingerprint density at radius 1 is 1.21 bits per heavy atom. The van der Waals surface area contributed by atoms with Crippen molar-refractivity contribution in [2.45, 2.75) is 33.7 Å². The summed E-state index contributed by atoms with van der Waals surface area (Å²) in [4.78, 5) is 6.39. The lowest BCUT2D eigenvalue weighted by molar-refractivity contribution is 0.330. The largest absolute Gasteiger partial charge is 0.397 e. The van der Waals surface area contributed by atoms with Gasteiger partial charge in [0.05, 0.1) is 11.4 Å². The zero-order valence-electron chi connectivity index (χ0n) is 12.4. The SMILES string of the molecule is CC(N(C)c1ccc2cnccc2c1N)C(C)(C)C. The fraction of sp³-hybridized carbons (Fsp3) is 0.438. The van der Waals surface area contributed by atoms with E-state index in [-0.39, 0.29) is 5.41 Å². The normalized spacial score (nSPS) is 13.5. The van der Waals surface area contributed by atoms with E-state index in [1.54, 1.807) is 6.20 Å². The number of anilines is 2. The summed E-state index contributed by atoms with van der Waals surface area (Å²) < 4.78 is 0. The topological polar surface area (TPSA) is 42.2 Å². The molecular weight excluding hydrogens is 234 g/mol. The third kappa shape index (κ3) is 2.50. The predicted octanol–water partition coefficient (Wildman–Crippen LogP) is 3.69. The van der Waals surface area contributed by atoms with Crippen LogP contribution in [0.2, 0.25) is 0 Å². The third-order valence-electron chi connectivity index (χ3n) is 4.05. The number of aromatic nitrogens is 1. The maximum absolute atomic E-state index is 6.33. The van der Waals surface area contributed by atoms with Crippen molar-refractivity contribution in [3.05, 3.63) is 30.6 Å². The number of hydrogen-bond acceptors (Lipinski definition) is 3. The fourth-order valence-corrected chi connectivity index (χ4v) is 2.28. The van der Waals surface area contributed by atoms with Crippen molar-refractivity contribution >= 4 is 22.1 Å². The Hall–Kier alpha value is -1.77. The molecule has 2 rings (SSSR count). The molecule has 0 bridgehead atoms. The molecular formula is C16H23N3. The van der Waals surface area contributed by atoms with Gasteiger partial charge in [-0.3, -0.25) is 4.98 Å². The summed E-state index contributed by atoms with van der Waals surface area (Å²) in [6, 6.07) is 6.54. The minimum Gasteiger partial charge on any atom is -0.397 e. The van der Waals surface area contributed by atoms with Crippen LogP contribution < -0.4 is 10.6 Å². The number of nitrogen functional groups attached to an aromatic ring is 1. The first-order chi connectivity index (χ1) is 8.82. The molecule has 2 aromatic rings. The molecule has 0 saturated carbocycles. The highest BCUT2D eigenvalue weighted by Crippen LogP contribution is 2.34. The van der Waals surface area contributed by atoms with E-state index in [9.17, 15) is 0 Å². The minimum absolute atomic E-state index is 0.203. The highest BCUT2D eigenvalue weighted by atomic mass is 15.1. The van der Waals surface area contributed by atoms with E-state index in [2.05, 4.69) is 56.8 Å². The monoisotopic (exact) mass is 257 g/mol. The summed E-state index contributed by atoms with van der Waals surface area (Å²) in [6.45, 7) is 8.97. The van der Waals surface area contributed by atoms with Gasteiger partial charge in [-0.2, -0.15) is 0 Å². The second-order valence-electron chi connectivity index (χ2n) is 6.25. The minimum atomic E-state index is 0.203.